The molecule has 0 aliphatic carbocycles. The molecule has 1 atom stereocenters. The van der Waals surface area contributed by atoms with Crippen LogP contribution in [0.25, 0.3) is 0 Å². The first-order chi connectivity index (χ1) is 9.88. The molecule has 0 heterocycles. The number of nitrogens with one attached hydrogen (secondary N) is 1. The molecule has 0 radical (unpaired) electrons. The molecule has 0 aromatic heterocycles. The topological polar surface area (TPSA) is 29.1 Å². The average Bonchev–Trinajstić information content (AvgIpc) is 2.41. The van der Waals surface area contributed by atoms with Crippen LogP contribution in [-0.2, 0) is 0 Å². The predicted molar refractivity (Wildman–Crippen MR) is 81.1 cm³/mol. The summed E-state index contributed by atoms with van der Waals surface area (Å²) >= 11 is 3.15. The lowest BCUT2D eigenvalue weighted by atomic mass is 10.1. The van der Waals surface area contributed by atoms with Gasteiger partial charge in [0.1, 0.15) is 11.6 Å². The minimum Gasteiger partial charge on any atom is -0.345 e. The van der Waals surface area contributed by atoms with Gasteiger partial charge in [0.2, 0.25) is 0 Å². The summed E-state index contributed by atoms with van der Waals surface area (Å²) in [6.07, 6.45) is 0. The fraction of sp³-hybridized carbons (Fsp3) is 0.188. The molecule has 21 heavy (non-hydrogen) atoms. The van der Waals surface area contributed by atoms with E-state index in [0.29, 0.717) is 21.2 Å². The van der Waals surface area contributed by atoms with Crippen molar-refractivity contribution in [1.29, 1.82) is 0 Å². The quantitative estimate of drug-likeness (QED) is 0.862. The Morgan fingerprint density at radius 3 is 2.52 bits per heavy atom. The lowest BCUT2D eigenvalue weighted by molar-refractivity contribution is 0.0939. The van der Waals surface area contributed by atoms with Crippen LogP contribution in [-0.4, -0.2) is 5.91 Å². The van der Waals surface area contributed by atoms with Crippen LogP contribution in [0.1, 0.15) is 34.5 Å². The van der Waals surface area contributed by atoms with E-state index in [0.717, 1.165) is 0 Å². The van der Waals surface area contributed by atoms with E-state index in [-0.39, 0.29) is 17.8 Å². The molecule has 2 nitrogen and oxygen atoms in total. The standard InChI is InChI=1S/C16H14BrF2NO/c1-9-3-4-11(7-15(9)19)10(2)20-16(21)13-6-5-12(18)8-14(13)17/h3-8,10H,1-2H3,(H,20,21). The zero-order valence-electron chi connectivity index (χ0n) is 11.6. The second-order valence-corrected chi connectivity index (χ2v) is 5.68. The second-order valence-electron chi connectivity index (χ2n) is 4.83. The van der Waals surface area contributed by atoms with Crippen molar-refractivity contribution >= 4 is 21.8 Å². The Balaban J connectivity index is 2.16. The number of hydrogen-bond donors (Lipinski definition) is 1. The van der Waals surface area contributed by atoms with Gasteiger partial charge in [0.05, 0.1) is 11.6 Å². The summed E-state index contributed by atoms with van der Waals surface area (Å²) in [6, 6.07) is 8.33. The van der Waals surface area contributed by atoms with Crippen LogP contribution in [0, 0.1) is 18.6 Å². The van der Waals surface area contributed by atoms with Gasteiger partial charge in [0.15, 0.2) is 0 Å². The van der Waals surface area contributed by atoms with E-state index in [9.17, 15) is 13.6 Å². The minimum absolute atomic E-state index is 0.309. The molecule has 0 aliphatic rings. The highest BCUT2D eigenvalue weighted by molar-refractivity contribution is 9.10. The van der Waals surface area contributed by atoms with Crippen molar-refractivity contribution in [1.82, 2.24) is 5.32 Å². The number of rotatable bonds is 3. The zero-order chi connectivity index (χ0) is 15.6. The molecular weight excluding hydrogens is 340 g/mol. The van der Waals surface area contributed by atoms with Crippen LogP contribution in [0.2, 0.25) is 0 Å². The Hall–Kier alpha value is -1.75. The monoisotopic (exact) mass is 353 g/mol. The normalized spacial score (nSPS) is 12.0. The molecule has 2 aromatic carbocycles. The van der Waals surface area contributed by atoms with Gasteiger partial charge in [-0.15, -0.1) is 0 Å². The fourth-order valence-corrected chi connectivity index (χ4v) is 2.44. The first-order valence-corrected chi connectivity index (χ1v) is 7.19. The highest BCUT2D eigenvalue weighted by atomic mass is 79.9. The molecule has 0 bridgehead atoms. The summed E-state index contributed by atoms with van der Waals surface area (Å²) in [7, 11) is 0. The zero-order valence-corrected chi connectivity index (χ0v) is 13.2. The molecule has 1 unspecified atom stereocenters. The van der Waals surface area contributed by atoms with Crippen LogP contribution in [0.15, 0.2) is 40.9 Å². The summed E-state index contributed by atoms with van der Waals surface area (Å²) < 4.78 is 26.9. The van der Waals surface area contributed by atoms with Gasteiger partial charge < -0.3 is 5.32 Å². The van der Waals surface area contributed by atoms with Crippen molar-refractivity contribution in [3.8, 4) is 0 Å². The molecule has 1 amide bonds. The van der Waals surface area contributed by atoms with Gasteiger partial charge in [-0.05, 0) is 65.2 Å². The Bertz CT molecular complexity index is 688. The van der Waals surface area contributed by atoms with E-state index < -0.39 is 5.82 Å². The minimum atomic E-state index is -0.424. The lowest BCUT2D eigenvalue weighted by Crippen LogP contribution is -2.27. The summed E-state index contributed by atoms with van der Waals surface area (Å²) in [5, 5.41) is 2.76. The van der Waals surface area contributed by atoms with E-state index in [2.05, 4.69) is 21.2 Å². The molecule has 2 aromatic rings. The molecule has 0 saturated carbocycles. The van der Waals surface area contributed by atoms with Crippen molar-refractivity contribution in [3.05, 3.63) is 69.2 Å². The highest BCUT2D eigenvalue weighted by Crippen LogP contribution is 2.20. The van der Waals surface area contributed by atoms with Gasteiger partial charge in [-0.3, -0.25) is 4.79 Å². The Labute approximate surface area is 130 Å². The summed E-state index contributed by atoms with van der Waals surface area (Å²) in [6.45, 7) is 3.44. The third kappa shape index (κ3) is 3.67. The Kier molecular flexibility index (Phi) is 4.73. The number of carbonyl (C=O) groups is 1. The van der Waals surface area contributed by atoms with Gasteiger partial charge in [-0.2, -0.15) is 0 Å². The number of halogens is 3. The van der Waals surface area contributed by atoms with Crippen molar-refractivity contribution in [2.45, 2.75) is 19.9 Å². The summed E-state index contributed by atoms with van der Waals surface area (Å²) in [4.78, 5) is 12.2. The number of carbonyl (C=O) groups excluding carboxylic acids is 1. The van der Waals surface area contributed by atoms with E-state index in [4.69, 9.17) is 0 Å². The van der Waals surface area contributed by atoms with Crippen molar-refractivity contribution in [3.63, 3.8) is 0 Å². The fourth-order valence-electron chi connectivity index (χ4n) is 1.91. The Morgan fingerprint density at radius 2 is 1.90 bits per heavy atom. The first-order valence-electron chi connectivity index (χ1n) is 6.40. The van der Waals surface area contributed by atoms with Crippen LogP contribution >= 0.6 is 15.9 Å². The largest absolute Gasteiger partial charge is 0.345 e. The van der Waals surface area contributed by atoms with E-state index in [1.54, 1.807) is 26.0 Å². The van der Waals surface area contributed by atoms with Crippen molar-refractivity contribution in [2.75, 3.05) is 0 Å². The molecule has 0 aliphatic heterocycles. The van der Waals surface area contributed by atoms with Crippen LogP contribution in [0.4, 0.5) is 8.78 Å². The molecule has 0 saturated heterocycles. The summed E-state index contributed by atoms with van der Waals surface area (Å²) in [5.41, 5.74) is 1.55. The van der Waals surface area contributed by atoms with E-state index in [1.165, 1.54) is 24.3 Å². The number of amides is 1. The van der Waals surface area contributed by atoms with Crippen molar-refractivity contribution in [2.24, 2.45) is 0 Å². The second kappa shape index (κ2) is 6.35. The van der Waals surface area contributed by atoms with Crippen molar-refractivity contribution < 1.29 is 13.6 Å². The first kappa shape index (κ1) is 15.6. The van der Waals surface area contributed by atoms with Gasteiger partial charge in [0, 0.05) is 4.47 Å². The Morgan fingerprint density at radius 1 is 1.19 bits per heavy atom. The maximum Gasteiger partial charge on any atom is 0.252 e. The molecule has 110 valence electrons. The number of hydrogen-bond acceptors (Lipinski definition) is 1. The van der Waals surface area contributed by atoms with E-state index >= 15 is 0 Å². The molecular formula is C16H14BrF2NO. The third-order valence-electron chi connectivity index (χ3n) is 3.22. The predicted octanol–water partition coefficient (Wildman–Crippen LogP) is 4.53. The van der Waals surface area contributed by atoms with E-state index in [1.807, 2.05) is 0 Å². The van der Waals surface area contributed by atoms with Gasteiger partial charge in [-0.1, -0.05) is 12.1 Å². The molecule has 5 heteroatoms. The lowest BCUT2D eigenvalue weighted by Gasteiger charge is -2.15. The number of benzene rings is 2. The molecule has 1 N–H and O–H groups in total. The molecule has 0 spiro atoms. The highest BCUT2D eigenvalue weighted by Gasteiger charge is 2.15. The third-order valence-corrected chi connectivity index (χ3v) is 3.88. The molecule has 0 fully saturated rings. The average molecular weight is 354 g/mol. The van der Waals surface area contributed by atoms with Gasteiger partial charge in [0.25, 0.3) is 5.91 Å². The van der Waals surface area contributed by atoms with Gasteiger partial charge in [-0.25, -0.2) is 8.78 Å². The SMILES string of the molecule is Cc1ccc(C(C)NC(=O)c2ccc(F)cc2Br)cc1F. The van der Waals surface area contributed by atoms with Gasteiger partial charge >= 0.3 is 0 Å². The van der Waals surface area contributed by atoms with Crippen LogP contribution in [0.3, 0.4) is 0 Å². The smallest absolute Gasteiger partial charge is 0.252 e. The maximum atomic E-state index is 13.5. The van der Waals surface area contributed by atoms with Crippen LogP contribution in [0.5, 0.6) is 0 Å². The molecule has 2 rings (SSSR count). The van der Waals surface area contributed by atoms with Crippen LogP contribution < -0.4 is 5.32 Å². The maximum absolute atomic E-state index is 13.5. The number of aryl methyl sites for hydroxylation is 1. The summed E-state index contributed by atoms with van der Waals surface area (Å²) in [5.74, 6) is -1.08.